The van der Waals surface area contributed by atoms with Crippen molar-refractivity contribution in [3.63, 3.8) is 0 Å². The number of ether oxygens (including phenoxy) is 1. The SMILES string of the molecule is COc1ccc2nc(NC(=O)CC[C@@H](C)[C@@H]3CC[C@@H]4[C@@H]5[C@H](O)C[C@H]6C[C@H](O)CC[C@]6(C)[C@@H]5C[C@H](O)[C@@]43C)sc2c1. The van der Waals surface area contributed by atoms with Crippen LogP contribution in [0.4, 0.5) is 5.13 Å². The first kappa shape index (κ1) is 28.4. The minimum atomic E-state index is -0.406. The van der Waals surface area contributed by atoms with Gasteiger partial charge in [-0.1, -0.05) is 32.1 Å². The number of hydrogen-bond donors (Lipinski definition) is 4. The van der Waals surface area contributed by atoms with Crippen LogP contribution < -0.4 is 10.1 Å². The summed E-state index contributed by atoms with van der Waals surface area (Å²) in [4.78, 5) is 17.5. The number of aliphatic hydroxyl groups excluding tert-OH is 3. The topological polar surface area (TPSA) is 112 Å². The standard InChI is InChI=1S/C32H46N2O5S/c1-17(5-10-28(38)34-30-33-24-9-6-20(39-4)15-26(24)40-30)21-7-8-22-29-23(16-27(37)32(21,22)3)31(2)12-11-19(35)13-18(31)14-25(29)36/h6,9,15,17-19,21-23,25,27,29,35-37H,5,7-8,10-14,16H2,1-4H3,(H,33,34,38)/t17-,18-,19-,21+,22-,23-,25-,27+,29+,31+,32-/m1/s1. The maximum Gasteiger partial charge on any atom is 0.226 e. The number of anilines is 1. The molecule has 0 unspecified atom stereocenters. The number of nitrogens with one attached hydrogen (secondary N) is 1. The van der Waals surface area contributed by atoms with Crippen LogP contribution in [0.1, 0.15) is 78.6 Å². The molecule has 0 aliphatic heterocycles. The fraction of sp³-hybridized carbons (Fsp3) is 0.750. The van der Waals surface area contributed by atoms with Crippen molar-refractivity contribution >= 4 is 32.6 Å². The van der Waals surface area contributed by atoms with Gasteiger partial charge >= 0.3 is 0 Å². The van der Waals surface area contributed by atoms with Gasteiger partial charge in [0, 0.05) is 6.42 Å². The molecule has 8 heteroatoms. The van der Waals surface area contributed by atoms with Gasteiger partial charge < -0.3 is 25.4 Å². The van der Waals surface area contributed by atoms with Gasteiger partial charge in [0.25, 0.3) is 0 Å². The first-order valence-corrected chi connectivity index (χ1v) is 16.1. The summed E-state index contributed by atoms with van der Waals surface area (Å²) in [5.41, 5.74) is 0.680. The third kappa shape index (κ3) is 4.58. The Hall–Kier alpha value is -1.74. The van der Waals surface area contributed by atoms with Gasteiger partial charge in [-0.2, -0.15) is 0 Å². The number of benzene rings is 1. The van der Waals surface area contributed by atoms with Crippen LogP contribution >= 0.6 is 11.3 Å². The summed E-state index contributed by atoms with van der Waals surface area (Å²) in [6, 6.07) is 5.71. The van der Waals surface area contributed by atoms with Gasteiger partial charge in [0.1, 0.15) is 5.75 Å². The number of fused-ring (bicyclic) bond motifs is 6. The second-order valence-corrected chi connectivity index (χ2v) is 15.0. The third-order valence-electron chi connectivity index (χ3n) is 12.2. The van der Waals surface area contributed by atoms with E-state index in [9.17, 15) is 20.1 Å². The number of rotatable bonds is 6. The molecular formula is C32H46N2O5S. The van der Waals surface area contributed by atoms with Crippen molar-refractivity contribution in [2.24, 2.45) is 46.3 Å². The number of nitrogens with zero attached hydrogens (tertiary/aromatic N) is 1. The fourth-order valence-electron chi connectivity index (χ4n) is 9.96. The number of methoxy groups -OCH3 is 1. The molecule has 0 saturated heterocycles. The number of carbonyl (C=O) groups excluding carboxylic acids is 1. The number of amides is 1. The van der Waals surface area contributed by atoms with Gasteiger partial charge in [0.15, 0.2) is 5.13 Å². The summed E-state index contributed by atoms with van der Waals surface area (Å²) in [7, 11) is 1.64. The highest BCUT2D eigenvalue weighted by Crippen LogP contribution is 2.68. The quantitative estimate of drug-likeness (QED) is 0.359. The molecule has 0 radical (unpaired) electrons. The van der Waals surface area contributed by atoms with Gasteiger partial charge in [0.2, 0.25) is 5.91 Å². The normalized spacial score (nSPS) is 41.6. The Balaban J connectivity index is 1.12. The summed E-state index contributed by atoms with van der Waals surface area (Å²) in [6.07, 6.45) is 6.34. The molecule has 4 aliphatic rings. The van der Waals surface area contributed by atoms with Crippen molar-refractivity contribution < 1.29 is 24.9 Å². The predicted octanol–water partition coefficient (Wildman–Crippen LogP) is 5.62. The number of aromatic nitrogens is 1. The maximum absolute atomic E-state index is 12.9. The largest absolute Gasteiger partial charge is 0.497 e. The Bertz CT molecular complexity index is 1250. The Morgan fingerprint density at radius 1 is 1.15 bits per heavy atom. The molecule has 1 aromatic heterocycles. The fourth-order valence-corrected chi connectivity index (χ4v) is 10.9. The van der Waals surface area contributed by atoms with Gasteiger partial charge in [-0.25, -0.2) is 4.98 Å². The molecule has 2 aromatic rings. The lowest BCUT2D eigenvalue weighted by Gasteiger charge is -2.63. The van der Waals surface area contributed by atoms with Crippen LogP contribution in [0.2, 0.25) is 0 Å². The van der Waals surface area contributed by atoms with E-state index in [4.69, 9.17) is 4.74 Å². The number of thiazole rings is 1. The van der Waals surface area contributed by atoms with Crippen LogP contribution in [0.15, 0.2) is 18.2 Å². The zero-order valence-electron chi connectivity index (χ0n) is 24.3. The molecule has 11 atom stereocenters. The molecule has 4 saturated carbocycles. The Kier molecular flexibility index (Phi) is 7.46. The van der Waals surface area contributed by atoms with Crippen molar-refractivity contribution in [1.82, 2.24) is 4.98 Å². The van der Waals surface area contributed by atoms with E-state index in [-0.39, 0.29) is 34.9 Å². The van der Waals surface area contributed by atoms with Crippen LogP contribution in [0.5, 0.6) is 5.75 Å². The molecule has 40 heavy (non-hydrogen) atoms. The molecule has 4 aliphatic carbocycles. The molecule has 220 valence electrons. The van der Waals surface area contributed by atoms with Crippen LogP contribution in [0, 0.1) is 46.3 Å². The van der Waals surface area contributed by atoms with Gasteiger partial charge in [-0.15, -0.1) is 0 Å². The van der Waals surface area contributed by atoms with Crippen molar-refractivity contribution in [2.45, 2.75) is 96.9 Å². The summed E-state index contributed by atoms with van der Waals surface area (Å²) < 4.78 is 6.28. The van der Waals surface area contributed by atoms with Crippen LogP contribution in [0.3, 0.4) is 0 Å². The lowest BCUT2D eigenvalue weighted by molar-refractivity contribution is -0.207. The zero-order valence-corrected chi connectivity index (χ0v) is 25.1. The highest BCUT2D eigenvalue weighted by Gasteiger charge is 2.65. The van der Waals surface area contributed by atoms with E-state index in [1.807, 2.05) is 18.2 Å². The summed E-state index contributed by atoms with van der Waals surface area (Å²) in [5, 5.41) is 37.2. The molecule has 1 heterocycles. The minimum absolute atomic E-state index is 0.0250. The van der Waals surface area contributed by atoms with Crippen molar-refractivity contribution in [1.29, 1.82) is 0 Å². The van der Waals surface area contributed by atoms with Crippen LogP contribution in [-0.2, 0) is 4.79 Å². The molecule has 1 amide bonds. The Labute approximate surface area is 241 Å². The second kappa shape index (κ2) is 10.5. The van der Waals surface area contributed by atoms with E-state index in [1.165, 1.54) is 11.3 Å². The van der Waals surface area contributed by atoms with Crippen LogP contribution in [-0.4, -0.2) is 51.6 Å². The van der Waals surface area contributed by atoms with E-state index in [0.717, 1.165) is 67.3 Å². The highest BCUT2D eigenvalue weighted by atomic mass is 32.1. The van der Waals surface area contributed by atoms with Crippen LogP contribution in [0.25, 0.3) is 10.2 Å². The molecular weight excluding hydrogens is 524 g/mol. The van der Waals surface area contributed by atoms with Crippen molar-refractivity contribution in [3.8, 4) is 5.75 Å². The predicted molar refractivity (Wildman–Crippen MR) is 157 cm³/mol. The minimum Gasteiger partial charge on any atom is -0.497 e. The third-order valence-corrected chi connectivity index (χ3v) is 13.1. The molecule has 7 nitrogen and oxygen atoms in total. The molecule has 4 fully saturated rings. The van der Waals surface area contributed by atoms with Crippen molar-refractivity contribution in [2.75, 3.05) is 12.4 Å². The monoisotopic (exact) mass is 570 g/mol. The van der Waals surface area contributed by atoms with E-state index >= 15 is 0 Å². The average molecular weight is 571 g/mol. The Morgan fingerprint density at radius 2 is 1.95 bits per heavy atom. The van der Waals surface area contributed by atoms with Gasteiger partial charge in [-0.3, -0.25) is 4.79 Å². The first-order chi connectivity index (χ1) is 19.0. The average Bonchev–Trinajstić information content (AvgIpc) is 3.49. The lowest BCUT2D eigenvalue weighted by Crippen LogP contribution is -2.62. The van der Waals surface area contributed by atoms with E-state index in [1.54, 1.807) is 7.11 Å². The highest BCUT2D eigenvalue weighted by molar-refractivity contribution is 7.22. The first-order valence-electron chi connectivity index (χ1n) is 15.3. The molecule has 0 spiro atoms. The molecule has 0 bridgehead atoms. The molecule has 6 rings (SSSR count). The van der Waals surface area contributed by atoms with E-state index in [2.05, 4.69) is 31.1 Å². The summed E-state index contributed by atoms with van der Waals surface area (Å²) in [5.74, 6) is 2.50. The maximum atomic E-state index is 12.9. The van der Waals surface area contributed by atoms with Gasteiger partial charge in [0.05, 0.1) is 35.6 Å². The number of hydrogen-bond acceptors (Lipinski definition) is 7. The van der Waals surface area contributed by atoms with E-state index < -0.39 is 6.10 Å². The second-order valence-electron chi connectivity index (χ2n) is 13.9. The Morgan fingerprint density at radius 3 is 2.73 bits per heavy atom. The zero-order chi connectivity index (χ0) is 28.4. The molecule has 1 aromatic carbocycles. The summed E-state index contributed by atoms with van der Waals surface area (Å²) in [6.45, 7) is 6.89. The smallest absolute Gasteiger partial charge is 0.226 e. The molecule has 4 N–H and O–H groups in total. The van der Waals surface area contributed by atoms with E-state index in [0.29, 0.717) is 41.1 Å². The summed E-state index contributed by atoms with van der Waals surface area (Å²) >= 11 is 1.45. The number of carbonyl (C=O) groups is 1. The van der Waals surface area contributed by atoms with Gasteiger partial charge in [-0.05, 0) is 116 Å². The number of aliphatic hydroxyl groups is 3. The lowest BCUT2D eigenvalue weighted by atomic mass is 9.43. The van der Waals surface area contributed by atoms with Crippen molar-refractivity contribution in [3.05, 3.63) is 18.2 Å².